The quantitative estimate of drug-likeness (QED) is 0.199. The monoisotopic (exact) mass is 590 g/mol. The molecule has 0 fully saturated rings. The molecule has 0 spiro atoms. The molecule has 2 unspecified atom stereocenters. The molecule has 0 bridgehead atoms. The molecule has 210 valence electrons. The summed E-state index contributed by atoms with van der Waals surface area (Å²) < 4.78 is 24.4. The lowest BCUT2D eigenvalue weighted by atomic mass is 9.64. The molecule has 2 atom stereocenters. The topological polar surface area (TPSA) is 36.9 Å². The third kappa shape index (κ3) is 4.15. The van der Waals surface area contributed by atoms with E-state index in [0.29, 0.717) is 38.3 Å². The van der Waals surface area contributed by atoms with Crippen LogP contribution in [0.1, 0.15) is 54.3 Å². The van der Waals surface area contributed by atoms with E-state index in [1.807, 2.05) is 22.7 Å². The van der Waals surface area contributed by atoms with Gasteiger partial charge in [0.1, 0.15) is 26.4 Å². The summed E-state index contributed by atoms with van der Waals surface area (Å²) in [5.74, 6) is 4.48. The Morgan fingerprint density at radius 3 is 1.95 bits per heavy atom. The minimum atomic E-state index is 0.491. The summed E-state index contributed by atoms with van der Waals surface area (Å²) in [6.45, 7) is 2.52. The Morgan fingerprint density at radius 1 is 0.619 bits per heavy atom. The normalized spacial score (nSPS) is 19.1. The maximum absolute atomic E-state index is 5.79. The highest BCUT2D eigenvalue weighted by atomic mass is 32.1. The van der Waals surface area contributed by atoms with Gasteiger partial charge in [-0.05, 0) is 95.3 Å². The first-order valence-electron chi connectivity index (χ1n) is 14.9. The molecular weight excluding hydrogens is 561 g/mol. The highest BCUT2D eigenvalue weighted by molar-refractivity contribution is 7.19. The number of ether oxygens (including phenoxy) is 4. The average molecular weight is 591 g/mol. The van der Waals surface area contributed by atoms with Gasteiger partial charge in [0.05, 0.1) is 0 Å². The number of thiophene rings is 2. The molecule has 5 aromatic rings. The van der Waals surface area contributed by atoms with Gasteiger partial charge >= 0.3 is 0 Å². The van der Waals surface area contributed by atoms with Crippen molar-refractivity contribution < 1.29 is 18.9 Å². The van der Waals surface area contributed by atoms with Crippen molar-refractivity contribution in [2.75, 3.05) is 26.4 Å². The highest BCUT2D eigenvalue weighted by Crippen LogP contribution is 2.59. The Morgan fingerprint density at radius 2 is 1.26 bits per heavy atom. The highest BCUT2D eigenvalue weighted by Gasteiger charge is 2.42. The number of allylic oxidation sites excluding steroid dienone is 1. The van der Waals surface area contributed by atoms with Crippen LogP contribution in [0.15, 0.2) is 66.7 Å². The van der Waals surface area contributed by atoms with Crippen molar-refractivity contribution in [1.82, 2.24) is 0 Å². The molecule has 2 aliphatic carbocycles. The summed E-state index contributed by atoms with van der Waals surface area (Å²) in [4.78, 5) is 4.46. The van der Waals surface area contributed by atoms with Crippen LogP contribution in [-0.4, -0.2) is 26.4 Å². The van der Waals surface area contributed by atoms with Gasteiger partial charge in [0.25, 0.3) is 0 Å². The van der Waals surface area contributed by atoms with Crippen molar-refractivity contribution in [3.05, 3.63) is 109 Å². The van der Waals surface area contributed by atoms with Gasteiger partial charge in [-0.2, -0.15) is 0 Å². The van der Waals surface area contributed by atoms with Crippen LogP contribution < -0.4 is 18.9 Å². The average Bonchev–Trinajstić information content (AvgIpc) is 3.63. The second-order valence-electron chi connectivity index (χ2n) is 11.6. The number of hydrogen-bond donors (Lipinski definition) is 0. The molecule has 2 aromatic heterocycles. The predicted octanol–water partition coefficient (Wildman–Crippen LogP) is 8.33. The Labute approximate surface area is 253 Å². The zero-order valence-corrected chi connectivity index (χ0v) is 24.8. The first kappa shape index (κ1) is 24.8. The van der Waals surface area contributed by atoms with Crippen LogP contribution in [0.3, 0.4) is 0 Å². The fraction of sp³-hybridized carbons (Fsp3) is 0.278. The minimum Gasteiger partial charge on any atom is -0.486 e. The summed E-state index contributed by atoms with van der Waals surface area (Å²) in [6, 6.07) is 22.3. The van der Waals surface area contributed by atoms with Crippen LogP contribution in [0.4, 0.5) is 0 Å². The van der Waals surface area contributed by atoms with E-state index >= 15 is 0 Å². The van der Waals surface area contributed by atoms with Crippen LogP contribution in [0.25, 0.3) is 16.2 Å². The predicted molar refractivity (Wildman–Crippen MR) is 169 cm³/mol. The lowest BCUT2D eigenvalue weighted by Crippen LogP contribution is -2.25. The number of rotatable bonds is 6. The van der Waals surface area contributed by atoms with E-state index in [1.54, 1.807) is 10.4 Å². The lowest BCUT2D eigenvalue weighted by molar-refractivity contribution is 0.171. The van der Waals surface area contributed by atoms with Gasteiger partial charge in [0.15, 0.2) is 23.0 Å². The van der Waals surface area contributed by atoms with Crippen LogP contribution in [-0.2, 0) is 25.7 Å². The summed E-state index contributed by atoms with van der Waals surface area (Å²) in [7, 11) is 0. The number of fused-ring (bicyclic) bond motifs is 10. The molecule has 3 aromatic carbocycles. The molecule has 0 radical (unpaired) electrons. The first-order chi connectivity index (χ1) is 20.8. The van der Waals surface area contributed by atoms with Crippen molar-refractivity contribution in [3.8, 4) is 23.0 Å². The maximum atomic E-state index is 5.79. The van der Waals surface area contributed by atoms with Gasteiger partial charge in [0, 0.05) is 31.2 Å². The van der Waals surface area contributed by atoms with Gasteiger partial charge in [-0.15, -0.1) is 22.7 Å². The van der Waals surface area contributed by atoms with Crippen molar-refractivity contribution in [3.63, 3.8) is 0 Å². The van der Waals surface area contributed by atoms with Crippen LogP contribution in [0.5, 0.6) is 23.0 Å². The Balaban J connectivity index is 0.925. The zero-order chi connectivity index (χ0) is 27.6. The SMILES string of the molecule is C1=CC2c3c(ccc4cc(CCc5ccc6c(c5)OCCO6)sc34)C2c2sc(CCc3ccc4c(c3)OCCO4)cc21. The van der Waals surface area contributed by atoms with Crippen LogP contribution in [0.2, 0.25) is 0 Å². The van der Waals surface area contributed by atoms with E-state index in [9.17, 15) is 0 Å². The van der Waals surface area contributed by atoms with E-state index in [2.05, 4.69) is 72.8 Å². The van der Waals surface area contributed by atoms with Crippen LogP contribution >= 0.6 is 22.7 Å². The van der Waals surface area contributed by atoms with Gasteiger partial charge in [-0.1, -0.05) is 36.4 Å². The van der Waals surface area contributed by atoms with E-state index in [0.717, 1.165) is 48.7 Å². The second-order valence-corrected chi connectivity index (χ2v) is 13.9. The van der Waals surface area contributed by atoms with Crippen molar-refractivity contribution in [2.45, 2.75) is 37.5 Å². The van der Waals surface area contributed by atoms with Gasteiger partial charge in [-0.3, -0.25) is 0 Å². The van der Waals surface area contributed by atoms with E-state index in [-0.39, 0.29) is 0 Å². The largest absolute Gasteiger partial charge is 0.486 e. The summed E-state index contributed by atoms with van der Waals surface area (Å²) in [5, 5.41) is 1.39. The molecule has 0 amide bonds. The van der Waals surface area contributed by atoms with Gasteiger partial charge < -0.3 is 18.9 Å². The standard InChI is InChI=1S/C36H30O4S2/c1(21-3-11-29-31(17-21)39-15-13-37-29)7-25-19-23-5-9-27-33(35(23)41-25)28-10-6-24-20-26(42-36(24)34(27)28)8-2-22-4-12-30-32(18-22)40-16-14-38-30/h3-6,9-12,17-20,27,33H,1-2,7-8,13-16H2. The van der Waals surface area contributed by atoms with E-state index in [4.69, 9.17) is 18.9 Å². The number of aryl methyl sites for hydroxylation is 4. The second kappa shape index (κ2) is 9.92. The number of benzene rings is 3. The molecule has 4 aliphatic rings. The van der Waals surface area contributed by atoms with Crippen molar-refractivity contribution in [2.24, 2.45) is 0 Å². The molecule has 2 aliphatic heterocycles. The Hall–Kier alpha value is -3.74. The van der Waals surface area contributed by atoms with Gasteiger partial charge in [-0.25, -0.2) is 0 Å². The van der Waals surface area contributed by atoms with Crippen molar-refractivity contribution >= 4 is 38.8 Å². The lowest BCUT2D eigenvalue weighted by Gasteiger charge is -2.40. The van der Waals surface area contributed by atoms with Gasteiger partial charge in [0.2, 0.25) is 0 Å². The Kier molecular flexibility index (Phi) is 5.86. The summed E-state index contributed by atoms with van der Waals surface area (Å²) in [6.07, 6.45) is 8.94. The smallest absolute Gasteiger partial charge is 0.161 e. The molecule has 0 N–H and O–H groups in total. The maximum Gasteiger partial charge on any atom is 0.161 e. The van der Waals surface area contributed by atoms with E-state index < -0.39 is 0 Å². The molecule has 4 nitrogen and oxygen atoms in total. The molecule has 0 saturated heterocycles. The molecule has 0 saturated carbocycles. The molecule has 9 rings (SSSR count). The number of hydrogen-bond acceptors (Lipinski definition) is 6. The Bertz CT molecular complexity index is 1880. The zero-order valence-electron chi connectivity index (χ0n) is 23.2. The summed E-state index contributed by atoms with van der Waals surface area (Å²) in [5.41, 5.74) is 7.10. The minimum absolute atomic E-state index is 0.491. The molecule has 4 heterocycles. The molecule has 42 heavy (non-hydrogen) atoms. The third-order valence-electron chi connectivity index (χ3n) is 8.98. The van der Waals surface area contributed by atoms with Crippen molar-refractivity contribution in [1.29, 1.82) is 0 Å². The molecular formula is C36H30O4S2. The van der Waals surface area contributed by atoms with Crippen LogP contribution in [0, 0.1) is 0 Å². The third-order valence-corrected chi connectivity index (χ3v) is 11.5. The molecule has 6 heteroatoms. The summed E-state index contributed by atoms with van der Waals surface area (Å²) >= 11 is 4.00. The fourth-order valence-corrected chi connectivity index (χ4v) is 9.49. The van der Waals surface area contributed by atoms with E-state index in [1.165, 1.54) is 42.1 Å². The first-order valence-corrected chi connectivity index (χ1v) is 16.5. The fourth-order valence-electron chi connectivity index (χ4n) is 6.91.